The first-order chi connectivity index (χ1) is 9.38. The molecule has 0 heterocycles. The molecule has 0 saturated heterocycles. The molecule has 0 aliphatic heterocycles. The zero-order valence-corrected chi connectivity index (χ0v) is 11.7. The van der Waals surface area contributed by atoms with E-state index in [1.807, 2.05) is 32.9 Å². The van der Waals surface area contributed by atoms with Gasteiger partial charge in [-0.1, -0.05) is 17.7 Å². The van der Waals surface area contributed by atoms with Gasteiger partial charge in [-0.3, -0.25) is 0 Å². The molecule has 0 saturated carbocycles. The molecule has 0 amide bonds. The SMILES string of the molecule is Cc1cc(C)c(Oc2cc(C(=O)O)ccc2N)c(C)c1. The molecule has 2 aromatic carbocycles. The van der Waals surface area contributed by atoms with E-state index in [1.165, 1.54) is 18.2 Å². The van der Waals surface area contributed by atoms with Crippen LogP contribution in [0, 0.1) is 20.8 Å². The quantitative estimate of drug-likeness (QED) is 0.835. The van der Waals surface area contributed by atoms with E-state index in [2.05, 4.69) is 0 Å². The van der Waals surface area contributed by atoms with Gasteiger partial charge in [0, 0.05) is 0 Å². The first-order valence-corrected chi connectivity index (χ1v) is 6.27. The topological polar surface area (TPSA) is 72.5 Å². The standard InChI is InChI=1S/C16H17NO3/c1-9-6-10(2)15(11(3)7-9)20-14-8-12(16(18)19)4-5-13(14)17/h4-8H,17H2,1-3H3,(H,18,19). The second kappa shape index (κ2) is 5.25. The lowest BCUT2D eigenvalue weighted by atomic mass is 10.1. The number of carboxylic acids is 1. The van der Waals surface area contributed by atoms with E-state index in [9.17, 15) is 4.79 Å². The van der Waals surface area contributed by atoms with Crippen LogP contribution < -0.4 is 10.5 Å². The second-order valence-electron chi connectivity index (χ2n) is 4.89. The molecule has 0 radical (unpaired) electrons. The summed E-state index contributed by atoms with van der Waals surface area (Å²) in [6, 6.07) is 8.46. The monoisotopic (exact) mass is 271 g/mol. The summed E-state index contributed by atoms with van der Waals surface area (Å²) in [5.41, 5.74) is 9.54. The van der Waals surface area contributed by atoms with Crippen LogP contribution in [0.5, 0.6) is 11.5 Å². The summed E-state index contributed by atoms with van der Waals surface area (Å²) in [6.07, 6.45) is 0. The van der Waals surface area contributed by atoms with Gasteiger partial charge in [-0.25, -0.2) is 4.79 Å². The highest BCUT2D eigenvalue weighted by atomic mass is 16.5. The fraction of sp³-hybridized carbons (Fsp3) is 0.188. The van der Waals surface area contributed by atoms with Gasteiger partial charge in [-0.15, -0.1) is 0 Å². The van der Waals surface area contributed by atoms with Crippen molar-refractivity contribution in [3.63, 3.8) is 0 Å². The van der Waals surface area contributed by atoms with Gasteiger partial charge < -0.3 is 15.6 Å². The normalized spacial score (nSPS) is 10.3. The zero-order valence-electron chi connectivity index (χ0n) is 11.7. The van der Waals surface area contributed by atoms with Gasteiger partial charge in [0.25, 0.3) is 0 Å². The number of hydrogen-bond acceptors (Lipinski definition) is 3. The molecule has 0 unspecified atom stereocenters. The van der Waals surface area contributed by atoms with Gasteiger partial charge in [0.15, 0.2) is 5.75 Å². The Morgan fingerprint density at radius 2 is 1.70 bits per heavy atom. The van der Waals surface area contributed by atoms with Crippen LogP contribution in [0.15, 0.2) is 30.3 Å². The molecule has 0 bridgehead atoms. The van der Waals surface area contributed by atoms with Crippen LogP contribution in [0.4, 0.5) is 5.69 Å². The van der Waals surface area contributed by atoms with Crippen LogP contribution in [-0.4, -0.2) is 11.1 Å². The molecule has 3 N–H and O–H groups in total. The molecule has 4 nitrogen and oxygen atoms in total. The van der Waals surface area contributed by atoms with E-state index in [0.29, 0.717) is 17.2 Å². The van der Waals surface area contributed by atoms with Crippen molar-refractivity contribution in [1.82, 2.24) is 0 Å². The molecule has 0 aromatic heterocycles. The highest BCUT2D eigenvalue weighted by Gasteiger charge is 2.11. The maximum Gasteiger partial charge on any atom is 0.335 e. The molecule has 4 heteroatoms. The van der Waals surface area contributed by atoms with Crippen molar-refractivity contribution in [2.45, 2.75) is 20.8 Å². The molecule has 0 spiro atoms. The zero-order chi connectivity index (χ0) is 14.9. The third-order valence-corrected chi connectivity index (χ3v) is 3.08. The summed E-state index contributed by atoms with van der Waals surface area (Å²) >= 11 is 0. The smallest absolute Gasteiger partial charge is 0.335 e. The molecule has 2 rings (SSSR count). The number of rotatable bonds is 3. The number of benzene rings is 2. The predicted octanol–water partition coefficient (Wildman–Crippen LogP) is 3.68. The first kappa shape index (κ1) is 13.9. The van der Waals surface area contributed by atoms with Crippen molar-refractivity contribution >= 4 is 11.7 Å². The minimum atomic E-state index is -1.01. The number of nitrogens with two attached hydrogens (primary N) is 1. The molecule has 20 heavy (non-hydrogen) atoms. The Labute approximate surface area is 117 Å². The van der Waals surface area contributed by atoms with Crippen LogP contribution in [0.25, 0.3) is 0 Å². The van der Waals surface area contributed by atoms with Crippen LogP contribution in [-0.2, 0) is 0 Å². The van der Waals surface area contributed by atoms with Crippen molar-refractivity contribution < 1.29 is 14.6 Å². The average molecular weight is 271 g/mol. The number of carboxylic acid groups (broad SMARTS) is 1. The minimum Gasteiger partial charge on any atom is -0.478 e. The van der Waals surface area contributed by atoms with Crippen LogP contribution in [0.3, 0.4) is 0 Å². The van der Waals surface area contributed by atoms with Gasteiger partial charge in [0.2, 0.25) is 0 Å². The van der Waals surface area contributed by atoms with Gasteiger partial charge >= 0.3 is 5.97 Å². The Balaban J connectivity index is 2.45. The van der Waals surface area contributed by atoms with E-state index in [-0.39, 0.29) is 5.56 Å². The summed E-state index contributed by atoms with van der Waals surface area (Å²) < 4.78 is 5.83. The van der Waals surface area contributed by atoms with E-state index < -0.39 is 5.97 Å². The first-order valence-electron chi connectivity index (χ1n) is 6.27. The Kier molecular flexibility index (Phi) is 3.66. The summed E-state index contributed by atoms with van der Waals surface area (Å²) in [5, 5.41) is 9.02. The van der Waals surface area contributed by atoms with Crippen molar-refractivity contribution in [2.24, 2.45) is 0 Å². The summed E-state index contributed by atoms with van der Waals surface area (Å²) in [5.74, 6) is 0.0667. The predicted molar refractivity (Wildman–Crippen MR) is 78.5 cm³/mol. The number of carbonyl (C=O) groups is 1. The van der Waals surface area contributed by atoms with Crippen molar-refractivity contribution in [3.05, 3.63) is 52.6 Å². The lowest BCUT2D eigenvalue weighted by molar-refractivity contribution is 0.0696. The molecular formula is C16H17NO3. The number of ether oxygens (including phenoxy) is 1. The second-order valence-corrected chi connectivity index (χ2v) is 4.89. The average Bonchev–Trinajstić information content (AvgIpc) is 2.35. The highest BCUT2D eigenvalue weighted by molar-refractivity contribution is 5.89. The third kappa shape index (κ3) is 2.74. The Hall–Kier alpha value is -2.49. The molecule has 0 aliphatic rings. The molecule has 0 atom stereocenters. The van der Waals surface area contributed by atoms with Crippen molar-refractivity contribution in [2.75, 3.05) is 5.73 Å². The van der Waals surface area contributed by atoms with Crippen LogP contribution in [0.2, 0.25) is 0 Å². The maximum absolute atomic E-state index is 11.0. The van der Waals surface area contributed by atoms with Crippen molar-refractivity contribution in [1.29, 1.82) is 0 Å². The largest absolute Gasteiger partial charge is 0.478 e. The minimum absolute atomic E-state index is 0.150. The fourth-order valence-corrected chi connectivity index (χ4v) is 2.19. The fourth-order valence-electron chi connectivity index (χ4n) is 2.19. The number of hydrogen-bond donors (Lipinski definition) is 2. The Morgan fingerprint density at radius 1 is 1.10 bits per heavy atom. The summed E-state index contributed by atoms with van der Waals surface area (Å²) in [7, 11) is 0. The van der Waals surface area contributed by atoms with E-state index in [4.69, 9.17) is 15.6 Å². The number of anilines is 1. The summed E-state index contributed by atoms with van der Waals surface area (Å²) in [6.45, 7) is 5.92. The van der Waals surface area contributed by atoms with Crippen molar-refractivity contribution in [3.8, 4) is 11.5 Å². The number of aryl methyl sites for hydroxylation is 3. The lowest BCUT2D eigenvalue weighted by Crippen LogP contribution is -2.00. The maximum atomic E-state index is 11.0. The third-order valence-electron chi connectivity index (χ3n) is 3.08. The number of aromatic carboxylic acids is 1. The van der Waals surface area contributed by atoms with E-state index in [0.717, 1.165) is 16.7 Å². The Bertz CT molecular complexity index is 654. The van der Waals surface area contributed by atoms with E-state index >= 15 is 0 Å². The molecular weight excluding hydrogens is 254 g/mol. The van der Waals surface area contributed by atoms with Gasteiger partial charge in [0.05, 0.1) is 11.3 Å². The Morgan fingerprint density at radius 3 is 2.25 bits per heavy atom. The highest BCUT2D eigenvalue weighted by Crippen LogP contribution is 2.33. The van der Waals surface area contributed by atoms with Crippen LogP contribution in [0.1, 0.15) is 27.0 Å². The van der Waals surface area contributed by atoms with Gasteiger partial charge in [-0.2, -0.15) is 0 Å². The summed E-state index contributed by atoms with van der Waals surface area (Å²) in [4.78, 5) is 11.0. The molecule has 104 valence electrons. The number of nitrogen functional groups attached to an aromatic ring is 1. The lowest BCUT2D eigenvalue weighted by Gasteiger charge is -2.14. The van der Waals surface area contributed by atoms with E-state index in [1.54, 1.807) is 0 Å². The van der Waals surface area contributed by atoms with Crippen LogP contribution >= 0.6 is 0 Å². The molecule has 2 aromatic rings. The molecule has 0 aliphatic carbocycles. The molecule has 0 fully saturated rings. The van der Waals surface area contributed by atoms with Gasteiger partial charge in [-0.05, 0) is 50.1 Å². The van der Waals surface area contributed by atoms with Gasteiger partial charge in [0.1, 0.15) is 5.75 Å².